The second-order valence-corrected chi connectivity index (χ2v) is 3.00. The summed E-state index contributed by atoms with van der Waals surface area (Å²) in [4.78, 5) is 10.3. The van der Waals surface area contributed by atoms with Crippen molar-refractivity contribution >= 4 is 17.0 Å². The Morgan fingerprint density at radius 3 is 2.31 bits per heavy atom. The van der Waals surface area contributed by atoms with Crippen LogP contribution in [0.5, 0.6) is 0 Å². The molecule has 0 radical (unpaired) electrons. The first kappa shape index (κ1) is 10.1. The fourth-order valence-corrected chi connectivity index (χ4v) is 1.07. The van der Waals surface area contributed by atoms with Crippen molar-refractivity contribution in [3.8, 4) is 0 Å². The van der Waals surface area contributed by atoms with Gasteiger partial charge in [0.1, 0.15) is 6.61 Å². The third-order valence-electron chi connectivity index (χ3n) is 1.78. The monoisotopic (exact) mass is 198 g/mol. The topological polar surface area (TPSA) is 26.3 Å². The molecule has 0 aliphatic rings. The lowest BCUT2D eigenvalue weighted by Crippen LogP contribution is -1.94. The number of ether oxygens (including phenoxy) is 1. The van der Waals surface area contributed by atoms with Gasteiger partial charge < -0.3 is 4.74 Å². The van der Waals surface area contributed by atoms with Gasteiger partial charge >= 0.3 is 5.43 Å². The third kappa shape index (κ3) is 3.47. The number of hydrogen-bond acceptors (Lipinski definition) is 2. The van der Waals surface area contributed by atoms with Crippen molar-refractivity contribution in [1.29, 1.82) is 0 Å². The van der Waals surface area contributed by atoms with Gasteiger partial charge in [-0.3, -0.25) is 0 Å². The van der Waals surface area contributed by atoms with Crippen LogP contribution in [0.1, 0.15) is 18.1 Å². The van der Waals surface area contributed by atoms with Crippen molar-refractivity contribution in [2.24, 2.45) is 0 Å². The van der Waals surface area contributed by atoms with Crippen LogP contribution >= 0.6 is 11.6 Å². The average Bonchev–Trinajstić information content (AvgIpc) is 2.15. The number of carbonyl (C=O) groups excluding carboxylic acids is 1. The Morgan fingerprint density at radius 2 is 1.85 bits per heavy atom. The van der Waals surface area contributed by atoms with E-state index < -0.39 is 5.43 Å². The van der Waals surface area contributed by atoms with Gasteiger partial charge in [0.25, 0.3) is 0 Å². The van der Waals surface area contributed by atoms with E-state index in [1.54, 1.807) is 0 Å². The van der Waals surface area contributed by atoms with Crippen molar-refractivity contribution in [2.45, 2.75) is 20.0 Å². The molecule has 13 heavy (non-hydrogen) atoms. The Morgan fingerprint density at radius 1 is 1.31 bits per heavy atom. The molecule has 0 fully saturated rings. The number of benzene rings is 1. The molecule has 0 heterocycles. The lowest BCUT2D eigenvalue weighted by molar-refractivity contribution is 0.167. The number of carbonyl (C=O) groups is 1. The van der Waals surface area contributed by atoms with E-state index in [-0.39, 0.29) is 6.61 Å². The summed E-state index contributed by atoms with van der Waals surface area (Å²) in [5.74, 6) is 0. The summed E-state index contributed by atoms with van der Waals surface area (Å²) in [6, 6.07) is 7.88. The summed E-state index contributed by atoms with van der Waals surface area (Å²) in [5, 5.41) is 0. The Hall–Kier alpha value is -1.02. The highest BCUT2D eigenvalue weighted by Crippen LogP contribution is 2.06. The fourth-order valence-electron chi connectivity index (χ4n) is 1.01. The summed E-state index contributed by atoms with van der Waals surface area (Å²) >= 11 is 5.03. The number of aryl methyl sites for hydroxylation is 1. The third-order valence-corrected chi connectivity index (χ3v) is 1.89. The van der Waals surface area contributed by atoms with Gasteiger partial charge in [-0.25, -0.2) is 4.79 Å². The summed E-state index contributed by atoms with van der Waals surface area (Å²) < 4.78 is 4.63. The molecular weight excluding hydrogens is 188 g/mol. The van der Waals surface area contributed by atoms with Crippen molar-refractivity contribution in [3.63, 3.8) is 0 Å². The van der Waals surface area contributed by atoms with Crippen LogP contribution in [-0.2, 0) is 17.8 Å². The van der Waals surface area contributed by atoms with Gasteiger partial charge in [0.2, 0.25) is 0 Å². The quantitative estimate of drug-likeness (QED) is 0.698. The highest BCUT2D eigenvalue weighted by atomic mass is 35.5. The molecule has 0 atom stereocenters. The van der Waals surface area contributed by atoms with E-state index in [0.717, 1.165) is 12.0 Å². The van der Waals surface area contributed by atoms with Gasteiger partial charge in [-0.2, -0.15) is 0 Å². The summed E-state index contributed by atoms with van der Waals surface area (Å²) in [5.41, 5.74) is 1.45. The first-order chi connectivity index (χ1) is 6.22. The Bertz CT molecular complexity index is 279. The Kier molecular flexibility index (Phi) is 3.77. The zero-order valence-corrected chi connectivity index (χ0v) is 8.17. The van der Waals surface area contributed by atoms with Crippen LogP contribution in [0.15, 0.2) is 24.3 Å². The van der Waals surface area contributed by atoms with E-state index in [4.69, 9.17) is 11.6 Å². The minimum absolute atomic E-state index is 0.242. The molecule has 0 aromatic heterocycles. The minimum Gasteiger partial charge on any atom is -0.449 e. The summed E-state index contributed by atoms with van der Waals surface area (Å²) in [6.45, 7) is 2.33. The molecule has 1 aromatic carbocycles. The van der Waals surface area contributed by atoms with E-state index in [0.29, 0.717) is 0 Å². The molecule has 0 aliphatic heterocycles. The van der Waals surface area contributed by atoms with E-state index >= 15 is 0 Å². The van der Waals surface area contributed by atoms with E-state index in [1.165, 1.54) is 5.56 Å². The SMILES string of the molecule is CCc1ccc(COC(=O)Cl)cc1. The van der Waals surface area contributed by atoms with Crippen LogP contribution in [0.2, 0.25) is 0 Å². The summed E-state index contributed by atoms with van der Waals surface area (Å²) in [6.07, 6.45) is 1.01. The second-order valence-electron chi connectivity index (χ2n) is 2.70. The van der Waals surface area contributed by atoms with Crippen molar-refractivity contribution < 1.29 is 9.53 Å². The normalized spacial score (nSPS) is 9.69. The first-order valence-electron chi connectivity index (χ1n) is 4.12. The molecule has 1 rings (SSSR count). The fraction of sp³-hybridized carbons (Fsp3) is 0.300. The maximum absolute atomic E-state index is 10.3. The average molecular weight is 199 g/mol. The van der Waals surface area contributed by atoms with Gasteiger partial charge in [0.05, 0.1) is 0 Å². The number of halogens is 1. The van der Waals surface area contributed by atoms with Gasteiger partial charge in [-0.05, 0) is 17.5 Å². The predicted molar refractivity (Wildman–Crippen MR) is 51.9 cm³/mol. The van der Waals surface area contributed by atoms with Crippen LogP contribution in [0, 0.1) is 0 Å². The largest absolute Gasteiger partial charge is 0.449 e. The van der Waals surface area contributed by atoms with Gasteiger partial charge in [0.15, 0.2) is 0 Å². The molecule has 0 unspecified atom stereocenters. The van der Waals surface area contributed by atoms with E-state index in [1.807, 2.05) is 24.3 Å². The molecule has 0 saturated carbocycles. The maximum Gasteiger partial charge on any atom is 0.404 e. The molecule has 0 saturated heterocycles. The van der Waals surface area contributed by atoms with Crippen LogP contribution in [0.3, 0.4) is 0 Å². The van der Waals surface area contributed by atoms with Crippen molar-refractivity contribution in [1.82, 2.24) is 0 Å². The second kappa shape index (κ2) is 4.87. The Balaban J connectivity index is 2.54. The van der Waals surface area contributed by atoms with E-state index in [2.05, 4.69) is 11.7 Å². The molecule has 0 N–H and O–H groups in total. The molecule has 3 heteroatoms. The van der Waals surface area contributed by atoms with Crippen molar-refractivity contribution in [2.75, 3.05) is 0 Å². The zero-order valence-electron chi connectivity index (χ0n) is 7.42. The first-order valence-corrected chi connectivity index (χ1v) is 4.50. The Labute approximate surface area is 82.5 Å². The van der Waals surface area contributed by atoms with Crippen LogP contribution in [-0.4, -0.2) is 5.43 Å². The molecule has 70 valence electrons. The highest BCUT2D eigenvalue weighted by Gasteiger charge is 1.97. The summed E-state index contributed by atoms with van der Waals surface area (Å²) in [7, 11) is 0. The van der Waals surface area contributed by atoms with E-state index in [9.17, 15) is 4.79 Å². The molecule has 2 nitrogen and oxygen atoms in total. The molecule has 0 spiro atoms. The lowest BCUT2D eigenvalue weighted by atomic mass is 10.1. The molecule has 0 bridgehead atoms. The molecule has 0 amide bonds. The highest BCUT2D eigenvalue weighted by molar-refractivity contribution is 6.61. The molecule has 0 aliphatic carbocycles. The lowest BCUT2D eigenvalue weighted by Gasteiger charge is -2.01. The standard InChI is InChI=1S/C10H11ClO2/c1-2-8-3-5-9(6-4-8)7-13-10(11)12/h3-6H,2,7H2,1H3. The number of hydrogen-bond donors (Lipinski definition) is 0. The minimum atomic E-state index is -0.764. The molecular formula is C10H11ClO2. The van der Waals surface area contributed by atoms with Crippen molar-refractivity contribution in [3.05, 3.63) is 35.4 Å². The predicted octanol–water partition coefficient (Wildman–Crippen LogP) is 3.12. The van der Waals surface area contributed by atoms with Gasteiger partial charge in [-0.1, -0.05) is 31.2 Å². The van der Waals surface area contributed by atoms with Crippen LogP contribution < -0.4 is 0 Å². The maximum atomic E-state index is 10.3. The smallest absolute Gasteiger partial charge is 0.404 e. The van der Waals surface area contributed by atoms with Gasteiger partial charge in [0, 0.05) is 11.6 Å². The zero-order chi connectivity index (χ0) is 9.68. The van der Waals surface area contributed by atoms with Crippen LogP contribution in [0.25, 0.3) is 0 Å². The van der Waals surface area contributed by atoms with Gasteiger partial charge in [-0.15, -0.1) is 0 Å². The van der Waals surface area contributed by atoms with Crippen LogP contribution in [0.4, 0.5) is 4.79 Å². The molecule has 1 aromatic rings. The number of rotatable bonds is 3.